The molecule has 6 heteroatoms. The van der Waals surface area contributed by atoms with E-state index in [1.807, 2.05) is 18.2 Å². The molecular weight excluding hydrogens is 416 g/mol. The topological polar surface area (TPSA) is 50.9 Å². The fraction of sp³-hybridized carbons (Fsp3) is 0. The van der Waals surface area contributed by atoms with E-state index in [0.29, 0.717) is 16.5 Å². The van der Waals surface area contributed by atoms with Gasteiger partial charge in [-0.25, -0.2) is 4.98 Å². The van der Waals surface area contributed by atoms with Crippen LogP contribution in [0.2, 0.25) is 5.02 Å². The number of anilines is 3. The average molecular weight is 424 g/mol. The van der Waals surface area contributed by atoms with Crippen molar-refractivity contribution in [3.63, 3.8) is 0 Å². The van der Waals surface area contributed by atoms with Gasteiger partial charge in [0.1, 0.15) is 0 Å². The lowest BCUT2D eigenvalue weighted by Crippen LogP contribution is -2.00. The van der Waals surface area contributed by atoms with Crippen LogP contribution in [0.1, 0.15) is 0 Å². The minimum absolute atomic E-state index is 0.588. The Hall–Kier alpha value is -0.530. The zero-order chi connectivity index (χ0) is 12.4. The Labute approximate surface area is 126 Å². The van der Waals surface area contributed by atoms with Gasteiger partial charge in [-0.3, -0.25) is 0 Å². The molecule has 2 aromatic rings. The summed E-state index contributed by atoms with van der Waals surface area (Å²) in [5.41, 5.74) is 7.38. The van der Waals surface area contributed by atoms with Crippen molar-refractivity contribution in [3.8, 4) is 0 Å². The molecule has 2 rings (SSSR count). The van der Waals surface area contributed by atoms with Crippen molar-refractivity contribution in [2.75, 3.05) is 11.1 Å². The van der Waals surface area contributed by atoms with Gasteiger partial charge in [-0.1, -0.05) is 11.6 Å². The van der Waals surface area contributed by atoms with Gasteiger partial charge in [0.05, 0.1) is 11.4 Å². The van der Waals surface area contributed by atoms with Gasteiger partial charge in [0.15, 0.2) is 5.82 Å². The number of hydrogen-bond donors (Lipinski definition) is 2. The Balaban J connectivity index is 2.31. The van der Waals surface area contributed by atoms with Crippen LogP contribution in [0, 0.1) is 3.57 Å². The summed E-state index contributed by atoms with van der Waals surface area (Å²) in [5.74, 6) is 0.633. The zero-order valence-corrected chi connectivity index (χ0v) is 13.0. The maximum Gasteiger partial charge on any atom is 0.153 e. The zero-order valence-electron chi connectivity index (χ0n) is 8.55. The van der Waals surface area contributed by atoms with Crippen LogP contribution in [0.4, 0.5) is 17.2 Å². The summed E-state index contributed by atoms with van der Waals surface area (Å²) in [7, 11) is 0. The molecule has 1 aromatic carbocycles. The van der Waals surface area contributed by atoms with Gasteiger partial charge in [0, 0.05) is 19.3 Å². The SMILES string of the molecule is Nc1cc(Br)cnc1Nc1ccc(Cl)cc1I. The van der Waals surface area contributed by atoms with Crippen LogP contribution in [-0.4, -0.2) is 4.98 Å². The number of hydrogen-bond acceptors (Lipinski definition) is 3. The van der Waals surface area contributed by atoms with E-state index in [-0.39, 0.29) is 0 Å². The lowest BCUT2D eigenvalue weighted by molar-refractivity contribution is 1.29. The van der Waals surface area contributed by atoms with E-state index < -0.39 is 0 Å². The number of nitrogens with zero attached hydrogens (tertiary/aromatic N) is 1. The van der Waals surface area contributed by atoms with Gasteiger partial charge >= 0.3 is 0 Å². The van der Waals surface area contributed by atoms with Gasteiger partial charge in [-0.15, -0.1) is 0 Å². The molecule has 3 nitrogen and oxygen atoms in total. The Morgan fingerprint density at radius 1 is 1.35 bits per heavy atom. The predicted molar refractivity (Wildman–Crippen MR) is 83.8 cm³/mol. The predicted octanol–water partition coefficient (Wildman–Crippen LogP) is 4.43. The normalized spacial score (nSPS) is 10.3. The Morgan fingerprint density at radius 2 is 2.12 bits per heavy atom. The van der Waals surface area contributed by atoms with E-state index in [4.69, 9.17) is 17.3 Å². The van der Waals surface area contributed by atoms with Gasteiger partial charge in [-0.2, -0.15) is 0 Å². The molecule has 0 bridgehead atoms. The van der Waals surface area contributed by atoms with Crippen molar-refractivity contribution >= 4 is 67.3 Å². The molecule has 0 unspecified atom stereocenters. The number of rotatable bonds is 2. The van der Waals surface area contributed by atoms with E-state index in [1.54, 1.807) is 12.3 Å². The van der Waals surface area contributed by atoms with E-state index in [1.165, 1.54) is 0 Å². The monoisotopic (exact) mass is 423 g/mol. The molecule has 17 heavy (non-hydrogen) atoms. The number of nitrogens with two attached hydrogens (primary N) is 1. The highest BCUT2D eigenvalue weighted by atomic mass is 127. The van der Waals surface area contributed by atoms with Crippen LogP contribution >= 0.6 is 50.1 Å². The van der Waals surface area contributed by atoms with Crippen molar-refractivity contribution in [2.24, 2.45) is 0 Å². The molecule has 88 valence electrons. The third-order valence-corrected chi connectivity index (χ3v) is 3.63. The molecule has 0 saturated carbocycles. The maximum absolute atomic E-state index is 5.89. The molecular formula is C11H8BrClIN3. The Kier molecular flexibility index (Phi) is 4.11. The molecule has 0 aliphatic rings. The van der Waals surface area contributed by atoms with Gasteiger partial charge in [-0.05, 0) is 62.8 Å². The largest absolute Gasteiger partial charge is 0.396 e. The highest BCUT2D eigenvalue weighted by Crippen LogP contribution is 2.28. The lowest BCUT2D eigenvalue weighted by Gasteiger charge is -2.10. The fourth-order valence-corrected chi connectivity index (χ4v) is 2.63. The maximum atomic E-state index is 5.89. The highest BCUT2D eigenvalue weighted by molar-refractivity contribution is 14.1. The molecule has 0 radical (unpaired) electrons. The quantitative estimate of drug-likeness (QED) is 0.702. The molecule has 1 heterocycles. The van der Waals surface area contributed by atoms with Crippen LogP contribution in [-0.2, 0) is 0 Å². The summed E-state index contributed by atoms with van der Waals surface area (Å²) < 4.78 is 1.87. The Bertz CT molecular complexity index is 513. The third-order valence-electron chi connectivity index (χ3n) is 2.07. The highest BCUT2D eigenvalue weighted by Gasteiger charge is 2.05. The van der Waals surface area contributed by atoms with Crippen LogP contribution in [0.15, 0.2) is 34.9 Å². The van der Waals surface area contributed by atoms with Crippen LogP contribution in [0.25, 0.3) is 0 Å². The van der Waals surface area contributed by atoms with E-state index >= 15 is 0 Å². The summed E-state index contributed by atoms with van der Waals surface area (Å²) in [6, 6.07) is 7.39. The second-order valence-corrected chi connectivity index (χ2v) is 5.85. The van der Waals surface area contributed by atoms with Crippen LogP contribution < -0.4 is 11.1 Å². The minimum atomic E-state index is 0.588. The first-order chi connectivity index (χ1) is 8.06. The molecule has 0 aliphatic heterocycles. The van der Waals surface area contributed by atoms with E-state index in [2.05, 4.69) is 48.8 Å². The van der Waals surface area contributed by atoms with Gasteiger partial charge in [0.2, 0.25) is 0 Å². The number of halogens is 3. The van der Waals surface area contributed by atoms with Crippen molar-refractivity contribution < 1.29 is 0 Å². The van der Waals surface area contributed by atoms with Crippen molar-refractivity contribution in [1.82, 2.24) is 4.98 Å². The van der Waals surface area contributed by atoms with E-state index in [9.17, 15) is 0 Å². The molecule has 0 amide bonds. The number of nitrogens with one attached hydrogen (secondary N) is 1. The minimum Gasteiger partial charge on any atom is -0.396 e. The van der Waals surface area contributed by atoms with Gasteiger partial charge in [0.25, 0.3) is 0 Å². The number of benzene rings is 1. The number of aromatic nitrogens is 1. The second-order valence-electron chi connectivity index (χ2n) is 3.34. The molecule has 0 aliphatic carbocycles. The summed E-state index contributed by atoms with van der Waals surface area (Å²) in [5, 5.41) is 3.88. The van der Waals surface area contributed by atoms with Gasteiger partial charge < -0.3 is 11.1 Å². The standard InChI is InChI=1S/C11H8BrClIN3/c12-6-3-9(15)11(16-5-6)17-10-2-1-7(13)4-8(10)14/h1-5H,15H2,(H,16,17). The summed E-state index contributed by atoms with van der Waals surface area (Å²) in [4.78, 5) is 4.22. The smallest absolute Gasteiger partial charge is 0.153 e. The summed E-state index contributed by atoms with van der Waals surface area (Å²) in [6.45, 7) is 0. The van der Waals surface area contributed by atoms with Crippen molar-refractivity contribution in [2.45, 2.75) is 0 Å². The molecule has 0 fully saturated rings. The van der Waals surface area contributed by atoms with Crippen molar-refractivity contribution in [3.05, 3.63) is 43.5 Å². The average Bonchev–Trinajstić information content (AvgIpc) is 2.25. The lowest BCUT2D eigenvalue weighted by atomic mass is 10.3. The first-order valence-corrected chi connectivity index (χ1v) is 6.94. The third kappa shape index (κ3) is 3.23. The van der Waals surface area contributed by atoms with Crippen molar-refractivity contribution in [1.29, 1.82) is 0 Å². The molecule has 0 atom stereocenters. The fourth-order valence-electron chi connectivity index (χ4n) is 1.28. The Morgan fingerprint density at radius 3 is 2.76 bits per heavy atom. The van der Waals surface area contributed by atoms with Crippen LogP contribution in [0.5, 0.6) is 0 Å². The summed E-state index contributed by atoms with van der Waals surface area (Å²) >= 11 is 11.4. The molecule has 1 aromatic heterocycles. The first kappa shape index (κ1) is 12.9. The molecule has 0 saturated heterocycles. The second kappa shape index (κ2) is 5.41. The molecule has 3 N–H and O–H groups in total. The number of nitrogen functional groups attached to an aromatic ring is 1. The molecule has 0 spiro atoms. The number of pyridine rings is 1. The van der Waals surface area contributed by atoms with Crippen LogP contribution in [0.3, 0.4) is 0 Å². The summed E-state index contributed by atoms with van der Waals surface area (Å²) in [6.07, 6.45) is 1.70. The first-order valence-electron chi connectivity index (χ1n) is 4.69. The van der Waals surface area contributed by atoms with E-state index in [0.717, 1.165) is 13.7 Å².